The molecule has 0 aliphatic heterocycles. The molecule has 1 N–H and O–H groups in total. The molecule has 7 heteroatoms. The fraction of sp³-hybridized carbons (Fsp3) is 0.0833. The van der Waals surface area contributed by atoms with Crippen LogP contribution in [0.5, 0.6) is 0 Å². The Morgan fingerprint density at radius 2 is 1.48 bits per heavy atom. The maximum absolute atomic E-state index is 12.9. The lowest BCUT2D eigenvalue weighted by atomic mass is 10.1. The first-order valence-electron chi connectivity index (χ1n) is 9.43. The second-order valence-electron chi connectivity index (χ2n) is 6.96. The van der Waals surface area contributed by atoms with Gasteiger partial charge >= 0.3 is 6.18 Å². The van der Waals surface area contributed by atoms with Crippen molar-refractivity contribution in [2.75, 3.05) is 5.32 Å². The number of hydrogen-bond donors (Lipinski definition) is 1. The Bertz CT molecular complexity index is 1200. The van der Waals surface area contributed by atoms with Crippen LogP contribution < -0.4 is 5.32 Å². The van der Waals surface area contributed by atoms with Crippen LogP contribution >= 0.6 is 11.3 Å². The van der Waals surface area contributed by atoms with Gasteiger partial charge in [0.15, 0.2) is 0 Å². The molecule has 1 aromatic heterocycles. The van der Waals surface area contributed by atoms with Crippen LogP contribution in [0.4, 0.5) is 18.2 Å². The van der Waals surface area contributed by atoms with E-state index in [-0.39, 0.29) is 5.91 Å². The summed E-state index contributed by atoms with van der Waals surface area (Å²) in [4.78, 5) is 17.3. The molecule has 0 saturated heterocycles. The minimum Gasteiger partial charge on any atom is -0.312 e. The highest BCUT2D eigenvalue weighted by atomic mass is 32.1. The molecule has 3 aromatic carbocycles. The van der Waals surface area contributed by atoms with Gasteiger partial charge in [-0.2, -0.15) is 13.2 Å². The quantitative estimate of drug-likeness (QED) is 0.371. The Morgan fingerprint density at radius 1 is 0.871 bits per heavy atom. The molecular formula is C24H17F3N2OS. The number of benzene rings is 3. The van der Waals surface area contributed by atoms with E-state index in [0.29, 0.717) is 26.8 Å². The van der Waals surface area contributed by atoms with Crippen molar-refractivity contribution < 1.29 is 18.0 Å². The van der Waals surface area contributed by atoms with E-state index in [1.807, 2.05) is 37.3 Å². The normalized spacial score (nSPS) is 11.4. The Morgan fingerprint density at radius 3 is 2.10 bits per heavy atom. The summed E-state index contributed by atoms with van der Waals surface area (Å²) in [5.74, 6) is -0.281. The standard InChI is InChI=1S/C24H17F3N2OS/c1-15-7-9-16(10-8-15)20-23(29-21(30)17-5-3-2-4-6-17)31-22(28-20)18-11-13-19(14-12-18)24(25,26)27/h2-14H,1H3,(H,29,30). The average Bonchev–Trinajstić information content (AvgIpc) is 3.18. The molecule has 4 aromatic rings. The van der Waals surface area contributed by atoms with E-state index in [1.165, 1.54) is 23.5 Å². The number of aromatic nitrogens is 1. The third-order valence-corrected chi connectivity index (χ3v) is 5.69. The lowest BCUT2D eigenvalue weighted by molar-refractivity contribution is -0.137. The monoisotopic (exact) mass is 438 g/mol. The van der Waals surface area contributed by atoms with Gasteiger partial charge in [0.2, 0.25) is 0 Å². The Balaban J connectivity index is 1.73. The predicted molar refractivity (Wildman–Crippen MR) is 117 cm³/mol. The molecule has 3 nitrogen and oxygen atoms in total. The van der Waals surface area contributed by atoms with Gasteiger partial charge in [0, 0.05) is 16.7 Å². The fourth-order valence-electron chi connectivity index (χ4n) is 3.00. The van der Waals surface area contributed by atoms with E-state index in [1.54, 1.807) is 24.3 Å². The van der Waals surface area contributed by atoms with E-state index in [4.69, 9.17) is 0 Å². The van der Waals surface area contributed by atoms with Crippen LogP contribution in [0.2, 0.25) is 0 Å². The molecule has 4 rings (SSSR count). The van der Waals surface area contributed by atoms with Gasteiger partial charge in [-0.25, -0.2) is 4.98 Å². The highest BCUT2D eigenvalue weighted by Crippen LogP contribution is 2.39. The first-order chi connectivity index (χ1) is 14.8. The number of halogens is 3. The van der Waals surface area contributed by atoms with Crippen molar-refractivity contribution in [3.63, 3.8) is 0 Å². The van der Waals surface area contributed by atoms with Crippen LogP contribution in [0.15, 0.2) is 78.9 Å². The molecular weight excluding hydrogens is 421 g/mol. The van der Waals surface area contributed by atoms with Crippen molar-refractivity contribution in [2.45, 2.75) is 13.1 Å². The molecule has 1 heterocycles. The second kappa shape index (κ2) is 8.35. The molecule has 0 saturated carbocycles. The topological polar surface area (TPSA) is 42.0 Å². The Labute approximate surface area is 181 Å². The molecule has 0 aliphatic rings. The minimum absolute atomic E-state index is 0.281. The third kappa shape index (κ3) is 4.67. The zero-order valence-electron chi connectivity index (χ0n) is 16.4. The zero-order chi connectivity index (χ0) is 22.0. The van der Waals surface area contributed by atoms with Crippen molar-refractivity contribution in [3.05, 3.63) is 95.6 Å². The summed E-state index contributed by atoms with van der Waals surface area (Å²) in [7, 11) is 0. The summed E-state index contributed by atoms with van der Waals surface area (Å²) >= 11 is 1.22. The Hall–Kier alpha value is -3.45. The molecule has 0 fully saturated rings. The number of thiazole rings is 1. The number of aryl methyl sites for hydroxylation is 1. The van der Waals surface area contributed by atoms with Crippen LogP contribution in [0.25, 0.3) is 21.8 Å². The van der Waals surface area contributed by atoms with Crippen LogP contribution in [-0.4, -0.2) is 10.9 Å². The van der Waals surface area contributed by atoms with Gasteiger partial charge in [0.1, 0.15) is 15.7 Å². The molecule has 31 heavy (non-hydrogen) atoms. The highest BCUT2D eigenvalue weighted by Gasteiger charge is 2.30. The number of hydrogen-bond acceptors (Lipinski definition) is 3. The summed E-state index contributed by atoms with van der Waals surface area (Å²) < 4.78 is 38.7. The summed E-state index contributed by atoms with van der Waals surface area (Å²) in [6.07, 6.45) is -4.40. The maximum Gasteiger partial charge on any atom is 0.416 e. The maximum atomic E-state index is 12.9. The van der Waals surface area contributed by atoms with Crippen molar-refractivity contribution in [1.29, 1.82) is 0 Å². The number of nitrogens with one attached hydrogen (secondary N) is 1. The molecule has 1 amide bonds. The summed E-state index contributed by atoms with van der Waals surface area (Å²) in [5, 5.41) is 3.96. The van der Waals surface area contributed by atoms with Crippen molar-refractivity contribution in [3.8, 4) is 21.8 Å². The van der Waals surface area contributed by atoms with E-state index < -0.39 is 11.7 Å². The molecule has 0 bridgehead atoms. The SMILES string of the molecule is Cc1ccc(-c2nc(-c3ccc(C(F)(F)F)cc3)sc2NC(=O)c2ccccc2)cc1. The average molecular weight is 438 g/mol. The van der Waals surface area contributed by atoms with Crippen LogP contribution in [-0.2, 0) is 6.18 Å². The molecule has 156 valence electrons. The van der Waals surface area contributed by atoms with Gasteiger partial charge in [0.05, 0.1) is 5.56 Å². The predicted octanol–water partition coefficient (Wildman–Crippen LogP) is 7.06. The highest BCUT2D eigenvalue weighted by molar-refractivity contribution is 7.19. The lowest BCUT2D eigenvalue weighted by Crippen LogP contribution is -2.11. The molecule has 0 unspecified atom stereocenters. The van der Waals surface area contributed by atoms with Crippen molar-refractivity contribution in [2.24, 2.45) is 0 Å². The summed E-state index contributed by atoms with van der Waals surface area (Å²) in [6.45, 7) is 1.97. The van der Waals surface area contributed by atoms with Crippen molar-refractivity contribution >= 4 is 22.2 Å². The van der Waals surface area contributed by atoms with E-state index in [0.717, 1.165) is 23.3 Å². The number of carbonyl (C=O) groups excluding carboxylic acids is 1. The minimum atomic E-state index is -4.40. The summed E-state index contributed by atoms with van der Waals surface area (Å²) in [6, 6.07) is 21.3. The van der Waals surface area contributed by atoms with Crippen LogP contribution in [0, 0.1) is 6.92 Å². The lowest BCUT2D eigenvalue weighted by Gasteiger charge is -2.06. The number of anilines is 1. The first kappa shape index (κ1) is 20.8. The largest absolute Gasteiger partial charge is 0.416 e. The Kier molecular flexibility index (Phi) is 5.61. The number of rotatable bonds is 4. The van der Waals surface area contributed by atoms with Gasteiger partial charge < -0.3 is 5.32 Å². The van der Waals surface area contributed by atoms with Crippen LogP contribution in [0.3, 0.4) is 0 Å². The first-order valence-corrected chi connectivity index (χ1v) is 10.2. The van der Waals surface area contributed by atoms with Gasteiger partial charge in [-0.3, -0.25) is 4.79 Å². The summed E-state index contributed by atoms with van der Waals surface area (Å²) in [5.41, 5.74) is 2.79. The number of nitrogens with zero attached hydrogens (tertiary/aromatic N) is 1. The van der Waals surface area contributed by atoms with Crippen LogP contribution in [0.1, 0.15) is 21.5 Å². The second-order valence-corrected chi connectivity index (χ2v) is 7.96. The van der Waals surface area contributed by atoms with Gasteiger partial charge in [-0.1, -0.05) is 71.5 Å². The number of carbonyl (C=O) groups is 1. The number of amides is 1. The molecule has 0 radical (unpaired) electrons. The van der Waals surface area contributed by atoms with E-state index in [9.17, 15) is 18.0 Å². The molecule has 0 spiro atoms. The molecule has 0 aliphatic carbocycles. The van der Waals surface area contributed by atoms with E-state index >= 15 is 0 Å². The van der Waals surface area contributed by atoms with Gasteiger partial charge in [-0.05, 0) is 31.2 Å². The van der Waals surface area contributed by atoms with Gasteiger partial charge in [0.25, 0.3) is 5.91 Å². The van der Waals surface area contributed by atoms with Gasteiger partial charge in [-0.15, -0.1) is 0 Å². The fourth-order valence-corrected chi connectivity index (χ4v) is 3.99. The number of alkyl halides is 3. The third-order valence-electron chi connectivity index (χ3n) is 4.67. The zero-order valence-corrected chi connectivity index (χ0v) is 17.2. The van der Waals surface area contributed by atoms with E-state index in [2.05, 4.69) is 10.3 Å². The van der Waals surface area contributed by atoms with Crippen molar-refractivity contribution in [1.82, 2.24) is 4.98 Å². The molecule has 0 atom stereocenters. The smallest absolute Gasteiger partial charge is 0.312 e.